The number of hydrogen-bond donors (Lipinski definition) is 2. The number of nitrogens with one attached hydrogen (secondary N) is 1. The highest BCUT2D eigenvalue weighted by Gasteiger charge is 2.41. The van der Waals surface area contributed by atoms with Gasteiger partial charge in [-0.1, -0.05) is 6.07 Å². The molecule has 0 aromatic carbocycles. The highest BCUT2D eigenvalue weighted by Crippen LogP contribution is 2.30. The van der Waals surface area contributed by atoms with Gasteiger partial charge in [0.05, 0.1) is 30.1 Å². The summed E-state index contributed by atoms with van der Waals surface area (Å²) in [6.07, 6.45) is 1.96. The SMILES string of the molecule is O=C(O)C(F)(F)F.O=C(c1ccnnc1)N1C[C@@H]2CCCO[C@@H]2[C@H](Nc2ccccn2)C1. The second-order valence-corrected chi connectivity index (χ2v) is 7.35. The topological polar surface area (TPSA) is 118 Å². The summed E-state index contributed by atoms with van der Waals surface area (Å²) in [6.45, 7) is 2.08. The zero-order valence-electron chi connectivity index (χ0n) is 16.9. The third-order valence-corrected chi connectivity index (χ3v) is 5.12. The fourth-order valence-corrected chi connectivity index (χ4v) is 3.74. The molecule has 3 atom stereocenters. The molecular formula is C20H22F3N5O4. The van der Waals surface area contributed by atoms with E-state index in [9.17, 15) is 18.0 Å². The molecule has 0 bridgehead atoms. The van der Waals surface area contributed by atoms with E-state index in [0.29, 0.717) is 24.6 Å². The molecule has 1 amide bonds. The summed E-state index contributed by atoms with van der Waals surface area (Å²) in [7, 11) is 0. The maximum atomic E-state index is 12.8. The number of amides is 1. The average Bonchev–Trinajstić information content (AvgIpc) is 2.79. The third kappa shape index (κ3) is 6.13. The lowest BCUT2D eigenvalue weighted by molar-refractivity contribution is -0.192. The Bertz CT molecular complexity index is 901. The third-order valence-electron chi connectivity index (χ3n) is 5.12. The first-order chi connectivity index (χ1) is 15.3. The number of aliphatic carboxylic acids is 1. The minimum atomic E-state index is -5.08. The van der Waals surface area contributed by atoms with Gasteiger partial charge in [-0.05, 0) is 31.0 Å². The van der Waals surface area contributed by atoms with Crippen LogP contribution in [0.5, 0.6) is 0 Å². The Balaban J connectivity index is 0.000000360. The van der Waals surface area contributed by atoms with Gasteiger partial charge in [-0.15, -0.1) is 0 Å². The molecule has 12 heteroatoms. The Morgan fingerprint density at radius 1 is 1.16 bits per heavy atom. The second-order valence-electron chi connectivity index (χ2n) is 7.35. The van der Waals surface area contributed by atoms with Crippen LogP contribution in [-0.4, -0.2) is 75.1 Å². The van der Waals surface area contributed by atoms with Crippen molar-refractivity contribution in [1.82, 2.24) is 20.1 Å². The maximum absolute atomic E-state index is 12.8. The number of nitrogens with zero attached hydrogens (tertiary/aromatic N) is 4. The molecule has 2 saturated heterocycles. The molecule has 0 aliphatic carbocycles. The van der Waals surface area contributed by atoms with E-state index < -0.39 is 12.1 Å². The van der Waals surface area contributed by atoms with Crippen LogP contribution in [-0.2, 0) is 9.53 Å². The first-order valence-electron chi connectivity index (χ1n) is 9.91. The van der Waals surface area contributed by atoms with Crippen molar-refractivity contribution in [3.8, 4) is 0 Å². The monoisotopic (exact) mass is 453 g/mol. The molecule has 2 N–H and O–H groups in total. The smallest absolute Gasteiger partial charge is 0.475 e. The predicted molar refractivity (Wildman–Crippen MR) is 106 cm³/mol. The molecule has 172 valence electrons. The number of rotatable bonds is 3. The molecule has 4 heterocycles. The number of likely N-dealkylation sites (tertiary alicyclic amines) is 1. The van der Waals surface area contributed by atoms with Gasteiger partial charge in [0, 0.05) is 31.8 Å². The molecule has 2 fully saturated rings. The van der Waals surface area contributed by atoms with E-state index in [4.69, 9.17) is 14.6 Å². The normalized spacial score (nSPS) is 22.7. The van der Waals surface area contributed by atoms with Crippen molar-refractivity contribution in [2.24, 2.45) is 5.92 Å². The van der Waals surface area contributed by atoms with E-state index in [0.717, 1.165) is 25.3 Å². The number of carboxylic acid groups (broad SMARTS) is 1. The molecule has 32 heavy (non-hydrogen) atoms. The number of piperidine rings is 1. The lowest BCUT2D eigenvalue weighted by Gasteiger charge is -2.46. The van der Waals surface area contributed by atoms with Crippen molar-refractivity contribution >= 4 is 17.7 Å². The zero-order valence-corrected chi connectivity index (χ0v) is 16.9. The summed E-state index contributed by atoms with van der Waals surface area (Å²) >= 11 is 0. The van der Waals surface area contributed by atoms with Crippen molar-refractivity contribution in [2.75, 3.05) is 25.0 Å². The predicted octanol–water partition coefficient (Wildman–Crippen LogP) is 2.24. The van der Waals surface area contributed by atoms with Crippen molar-refractivity contribution in [2.45, 2.75) is 31.2 Å². The standard InChI is InChI=1S/C18H21N5O2.C2HF3O2/c24-18(13-6-8-20-21-10-13)23-11-14-4-3-9-25-17(14)15(12-23)22-16-5-1-2-7-19-16;3-2(4,5)1(6)7/h1-2,5-8,10,14-15,17H,3-4,9,11-12H2,(H,19,22);(H,6,7)/t14-,15+,17-;/m0./s1. The summed E-state index contributed by atoms with van der Waals surface area (Å²) in [5, 5.41) is 18.2. The number of carboxylic acids is 1. The molecule has 0 spiro atoms. The van der Waals surface area contributed by atoms with Gasteiger partial charge >= 0.3 is 12.1 Å². The molecule has 9 nitrogen and oxygen atoms in total. The van der Waals surface area contributed by atoms with Crippen LogP contribution in [0.4, 0.5) is 19.0 Å². The fourth-order valence-electron chi connectivity index (χ4n) is 3.74. The molecule has 2 aromatic rings. The molecule has 2 aromatic heterocycles. The Hall–Kier alpha value is -3.28. The summed E-state index contributed by atoms with van der Waals surface area (Å²) in [5.41, 5.74) is 0.571. The number of aromatic nitrogens is 3. The van der Waals surface area contributed by atoms with E-state index in [-0.39, 0.29) is 18.1 Å². The lowest BCUT2D eigenvalue weighted by Crippen LogP contribution is -2.59. The number of halogens is 3. The number of pyridine rings is 1. The molecule has 2 aliphatic rings. The van der Waals surface area contributed by atoms with Crippen molar-refractivity contribution < 1.29 is 32.6 Å². The Kier molecular flexibility index (Phi) is 7.57. The van der Waals surface area contributed by atoms with E-state index >= 15 is 0 Å². The number of hydrogen-bond acceptors (Lipinski definition) is 7. The van der Waals surface area contributed by atoms with Gasteiger partial charge in [0.15, 0.2) is 0 Å². The van der Waals surface area contributed by atoms with Crippen LogP contribution in [0.1, 0.15) is 23.2 Å². The molecule has 2 aliphatic heterocycles. The number of alkyl halides is 3. The first-order valence-corrected chi connectivity index (χ1v) is 9.91. The molecule has 0 unspecified atom stereocenters. The summed E-state index contributed by atoms with van der Waals surface area (Å²) < 4.78 is 37.8. The molecular weight excluding hydrogens is 431 g/mol. The van der Waals surface area contributed by atoms with Crippen LogP contribution in [0.3, 0.4) is 0 Å². The quantitative estimate of drug-likeness (QED) is 0.727. The highest BCUT2D eigenvalue weighted by molar-refractivity contribution is 5.94. The Labute approximate surface area is 181 Å². The average molecular weight is 453 g/mol. The number of fused-ring (bicyclic) bond motifs is 1. The molecule has 0 radical (unpaired) electrons. The number of carbonyl (C=O) groups is 2. The minimum absolute atomic E-state index is 0.00764. The maximum Gasteiger partial charge on any atom is 0.490 e. The summed E-state index contributed by atoms with van der Waals surface area (Å²) in [5.74, 6) is -1.62. The van der Waals surface area contributed by atoms with Gasteiger partial charge in [0.2, 0.25) is 0 Å². The molecule has 0 saturated carbocycles. The minimum Gasteiger partial charge on any atom is -0.475 e. The van der Waals surface area contributed by atoms with Crippen molar-refractivity contribution in [1.29, 1.82) is 0 Å². The van der Waals surface area contributed by atoms with Crippen molar-refractivity contribution in [3.63, 3.8) is 0 Å². The lowest BCUT2D eigenvalue weighted by atomic mass is 9.85. The zero-order chi connectivity index (χ0) is 23.1. The van der Waals surface area contributed by atoms with E-state index in [1.54, 1.807) is 18.5 Å². The van der Waals surface area contributed by atoms with Gasteiger partial charge in [-0.3, -0.25) is 4.79 Å². The summed E-state index contributed by atoms with van der Waals surface area (Å²) in [4.78, 5) is 28.0. The van der Waals surface area contributed by atoms with E-state index in [1.165, 1.54) is 6.20 Å². The van der Waals surface area contributed by atoms with Gasteiger partial charge in [-0.2, -0.15) is 23.4 Å². The van der Waals surface area contributed by atoms with Crippen LogP contribution in [0, 0.1) is 5.92 Å². The highest BCUT2D eigenvalue weighted by atomic mass is 19.4. The van der Waals surface area contributed by atoms with Crippen LogP contribution in [0.25, 0.3) is 0 Å². The molecule has 4 rings (SSSR count). The van der Waals surface area contributed by atoms with Crippen LogP contribution < -0.4 is 5.32 Å². The number of carbonyl (C=O) groups excluding carboxylic acids is 1. The Morgan fingerprint density at radius 3 is 2.56 bits per heavy atom. The van der Waals surface area contributed by atoms with Crippen LogP contribution in [0.2, 0.25) is 0 Å². The van der Waals surface area contributed by atoms with Gasteiger partial charge in [0.25, 0.3) is 5.91 Å². The second kappa shape index (κ2) is 10.4. The van der Waals surface area contributed by atoms with Crippen molar-refractivity contribution in [3.05, 3.63) is 48.4 Å². The van der Waals surface area contributed by atoms with Gasteiger partial charge in [0.1, 0.15) is 5.82 Å². The van der Waals surface area contributed by atoms with Gasteiger partial charge < -0.3 is 20.1 Å². The summed E-state index contributed by atoms with van der Waals surface area (Å²) in [6, 6.07) is 7.50. The van der Waals surface area contributed by atoms with Crippen LogP contribution >= 0.6 is 0 Å². The van der Waals surface area contributed by atoms with Crippen LogP contribution in [0.15, 0.2) is 42.9 Å². The number of ether oxygens (including phenoxy) is 1. The largest absolute Gasteiger partial charge is 0.490 e. The van der Waals surface area contributed by atoms with E-state index in [1.807, 2.05) is 23.1 Å². The number of anilines is 1. The van der Waals surface area contributed by atoms with E-state index in [2.05, 4.69) is 20.5 Å². The first kappa shape index (κ1) is 23.4. The van der Waals surface area contributed by atoms with Gasteiger partial charge in [-0.25, -0.2) is 9.78 Å². The Morgan fingerprint density at radius 2 is 1.94 bits per heavy atom. The fraction of sp³-hybridized carbons (Fsp3) is 0.450.